The summed E-state index contributed by atoms with van der Waals surface area (Å²) in [6.45, 7) is 4.46. The van der Waals surface area contributed by atoms with Crippen molar-refractivity contribution in [2.75, 3.05) is 32.1 Å². The highest BCUT2D eigenvalue weighted by atomic mass is 32.1. The molecular weight excluding hydrogens is 310 g/mol. The van der Waals surface area contributed by atoms with E-state index in [4.69, 9.17) is 4.74 Å². The average Bonchev–Trinajstić information content (AvgIpc) is 2.97. The SMILES string of the molecule is CCC1CCc2nc(NC(=O)C3(COC)CCNCC3)sc2C1. The summed E-state index contributed by atoms with van der Waals surface area (Å²) in [7, 11) is 1.67. The largest absolute Gasteiger partial charge is 0.384 e. The molecule has 128 valence electrons. The molecule has 1 aromatic rings. The van der Waals surface area contributed by atoms with E-state index in [1.165, 1.54) is 23.4 Å². The van der Waals surface area contributed by atoms with Gasteiger partial charge < -0.3 is 15.4 Å². The molecule has 1 saturated heterocycles. The van der Waals surface area contributed by atoms with Crippen LogP contribution in [-0.4, -0.2) is 37.7 Å². The normalized spacial score (nSPS) is 23.3. The van der Waals surface area contributed by atoms with E-state index in [1.807, 2.05) is 0 Å². The Balaban J connectivity index is 1.71. The number of hydrogen-bond donors (Lipinski definition) is 2. The monoisotopic (exact) mass is 337 g/mol. The summed E-state index contributed by atoms with van der Waals surface area (Å²) in [5.74, 6) is 0.842. The van der Waals surface area contributed by atoms with Gasteiger partial charge in [0.1, 0.15) is 0 Å². The lowest BCUT2D eigenvalue weighted by Crippen LogP contribution is -2.47. The van der Waals surface area contributed by atoms with E-state index < -0.39 is 5.41 Å². The number of carbonyl (C=O) groups excluding carboxylic acids is 1. The van der Waals surface area contributed by atoms with Crippen LogP contribution in [0, 0.1) is 11.3 Å². The van der Waals surface area contributed by atoms with Crippen molar-refractivity contribution in [3.05, 3.63) is 10.6 Å². The molecule has 1 amide bonds. The number of rotatable bonds is 5. The van der Waals surface area contributed by atoms with Gasteiger partial charge in [0.05, 0.1) is 17.7 Å². The molecule has 1 aliphatic heterocycles. The van der Waals surface area contributed by atoms with Gasteiger partial charge in [0.2, 0.25) is 5.91 Å². The van der Waals surface area contributed by atoms with Gasteiger partial charge in [-0.25, -0.2) is 4.98 Å². The summed E-state index contributed by atoms with van der Waals surface area (Å²) in [5, 5.41) is 7.18. The number of fused-ring (bicyclic) bond motifs is 1. The highest BCUT2D eigenvalue weighted by Crippen LogP contribution is 2.35. The molecule has 2 aliphatic rings. The Morgan fingerprint density at radius 2 is 2.26 bits per heavy atom. The van der Waals surface area contributed by atoms with Crippen LogP contribution in [0.1, 0.15) is 43.2 Å². The third-order valence-electron chi connectivity index (χ3n) is 5.30. The Morgan fingerprint density at radius 1 is 1.48 bits per heavy atom. The van der Waals surface area contributed by atoms with Gasteiger partial charge in [0.15, 0.2) is 5.13 Å². The molecule has 1 aliphatic carbocycles. The van der Waals surface area contributed by atoms with E-state index in [0.717, 1.165) is 49.8 Å². The molecule has 0 radical (unpaired) electrons. The topological polar surface area (TPSA) is 63.2 Å². The maximum Gasteiger partial charge on any atom is 0.234 e. The quantitative estimate of drug-likeness (QED) is 0.867. The molecule has 0 saturated carbocycles. The van der Waals surface area contributed by atoms with E-state index in [1.54, 1.807) is 18.4 Å². The van der Waals surface area contributed by atoms with Crippen LogP contribution < -0.4 is 10.6 Å². The minimum atomic E-state index is -0.419. The minimum Gasteiger partial charge on any atom is -0.384 e. The first-order chi connectivity index (χ1) is 11.2. The lowest BCUT2D eigenvalue weighted by molar-refractivity contribution is -0.130. The molecule has 1 unspecified atom stereocenters. The second kappa shape index (κ2) is 7.28. The third kappa shape index (κ3) is 3.59. The number of aryl methyl sites for hydroxylation is 1. The molecule has 1 aromatic heterocycles. The fourth-order valence-corrected chi connectivity index (χ4v) is 4.81. The van der Waals surface area contributed by atoms with Crippen LogP contribution in [0.3, 0.4) is 0 Å². The molecule has 1 fully saturated rings. The third-order valence-corrected chi connectivity index (χ3v) is 6.34. The number of anilines is 1. The molecule has 0 bridgehead atoms. The van der Waals surface area contributed by atoms with Crippen LogP contribution in [0.25, 0.3) is 0 Å². The van der Waals surface area contributed by atoms with Crippen LogP contribution in [0.4, 0.5) is 5.13 Å². The van der Waals surface area contributed by atoms with Crippen LogP contribution in [0.15, 0.2) is 0 Å². The maximum atomic E-state index is 12.9. The molecule has 2 N–H and O–H groups in total. The number of ether oxygens (including phenoxy) is 1. The van der Waals surface area contributed by atoms with Crippen molar-refractivity contribution < 1.29 is 9.53 Å². The number of nitrogens with one attached hydrogen (secondary N) is 2. The van der Waals surface area contributed by atoms with E-state index in [9.17, 15) is 4.79 Å². The summed E-state index contributed by atoms with van der Waals surface area (Å²) in [6, 6.07) is 0. The number of hydrogen-bond acceptors (Lipinski definition) is 5. The van der Waals surface area contributed by atoms with Crippen molar-refractivity contribution in [3.63, 3.8) is 0 Å². The van der Waals surface area contributed by atoms with Crippen LogP contribution in [0.5, 0.6) is 0 Å². The number of methoxy groups -OCH3 is 1. The summed E-state index contributed by atoms with van der Waals surface area (Å²) in [6.07, 6.45) is 6.24. The number of piperidine rings is 1. The zero-order valence-corrected chi connectivity index (χ0v) is 14.9. The van der Waals surface area contributed by atoms with Gasteiger partial charge in [0, 0.05) is 12.0 Å². The number of nitrogens with zero attached hydrogens (tertiary/aromatic N) is 1. The summed E-state index contributed by atoms with van der Waals surface area (Å²) in [5.41, 5.74) is 0.777. The molecule has 2 heterocycles. The molecule has 0 aromatic carbocycles. The lowest BCUT2D eigenvalue weighted by Gasteiger charge is -2.35. The fraction of sp³-hybridized carbons (Fsp3) is 0.765. The first-order valence-corrected chi connectivity index (χ1v) is 9.48. The molecule has 1 atom stereocenters. The molecular formula is C17H27N3O2S. The molecule has 5 nitrogen and oxygen atoms in total. The van der Waals surface area contributed by atoms with Gasteiger partial charge in [-0.3, -0.25) is 4.79 Å². The Bertz CT molecular complexity index is 547. The van der Waals surface area contributed by atoms with Gasteiger partial charge in [-0.1, -0.05) is 13.3 Å². The van der Waals surface area contributed by atoms with Gasteiger partial charge in [-0.15, -0.1) is 11.3 Å². The highest BCUT2D eigenvalue weighted by molar-refractivity contribution is 7.15. The van der Waals surface area contributed by atoms with Crippen LogP contribution in [-0.2, 0) is 22.4 Å². The number of amides is 1. The van der Waals surface area contributed by atoms with Crippen molar-refractivity contribution in [2.45, 2.75) is 45.4 Å². The van der Waals surface area contributed by atoms with Gasteiger partial charge in [-0.05, 0) is 51.1 Å². The molecule has 6 heteroatoms. The van der Waals surface area contributed by atoms with Crippen molar-refractivity contribution >= 4 is 22.4 Å². The first kappa shape index (κ1) is 16.9. The number of thiazole rings is 1. The second-order valence-corrected chi connectivity index (χ2v) is 7.91. The average molecular weight is 337 g/mol. The van der Waals surface area contributed by atoms with E-state index in [2.05, 4.69) is 22.5 Å². The predicted molar refractivity (Wildman–Crippen MR) is 93.0 cm³/mol. The first-order valence-electron chi connectivity index (χ1n) is 8.66. The van der Waals surface area contributed by atoms with Crippen molar-refractivity contribution in [1.29, 1.82) is 0 Å². The lowest BCUT2D eigenvalue weighted by atomic mass is 9.79. The van der Waals surface area contributed by atoms with Gasteiger partial charge in [-0.2, -0.15) is 0 Å². The fourth-order valence-electron chi connectivity index (χ4n) is 3.69. The summed E-state index contributed by atoms with van der Waals surface area (Å²) in [4.78, 5) is 18.9. The zero-order chi connectivity index (χ0) is 16.3. The predicted octanol–water partition coefficient (Wildman–Crippen LogP) is 2.61. The summed E-state index contributed by atoms with van der Waals surface area (Å²) >= 11 is 1.66. The Kier molecular flexibility index (Phi) is 5.34. The van der Waals surface area contributed by atoms with Crippen LogP contribution >= 0.6 is 11.3 Å². The number of carbonyl (C=O) groups is 1. The van der Waals surface area contributed by atoms with Gasteiger partial charge >= 0.3 is 0 Å². The van der Waals surface area contributed by atoms with E-state index in [-0.39, 0.29) is 5.91 Å². The van der Waals surface area contributed by atoms with Crippen molar-refractivity contribution in [1.82, 2.24) is 10.3 Å². The zero-order valence-electron chi connectivity index (χ0n) is 14.1. The Morgan fingerprint density at radius 3 is 2.96 bits per heavy atom. The van der Waals surface area contributed by atoms with E-state index >= 15 is 0 Å². The van der Waals surface area contributed by atoms with E-state index in [0.29, 0.717) is 6.61 Å². The minimum absolute atomic E-state index is 0.0685. The smallest absolute Gasteiger partial charge is 0.234 e. The summed E-state index contributed by atoms with van der Waals surface area (Å²) < 4.78 is 5.35. The molecule has 0 spiro atoms. The maximum absolute atomic E-state index is 12.9. The number of aromatic nitrogens is 1. The van der Waals surface area contributed by atoms with Gasteiger partial charge in [0.25, 0.3) is 0 Å². The van der Waals surface area contributed by atoms with Crippen molar-refractivity contribution in [3.8, 4) is 0 Å². The second-order valence-electron chi connectivity index (χ2n) is 6.82. The Labute approximate surface area is 142 Å². The Hall–Kier alpha value is -0.980. The van der Waals surface area contributed by atoms with Crippen molar-refractivity contribution in [2.24, 2.45) is 11.3 Å². The molecule has 23 heavy (non-hydrogen) atoms. The standard InChI is InChI=1S/C17H27N3O2S/c1-3-12-4-5-13-14(10-12)23-16(19-13)20-15(21)17(11-22-2)6-8-18-9-7-17/h12,18H,3-11H2,1-2H3,(H,19,20,21). The molecule has 3 rings (SSSR count). The van der Waals surface area contributed by atoms with Crippen LogP contribution in [0.2, 0.25) is 0 Å². The highest BCUT2D eigenvalue weighted by Gasteiger charge is 2.40.